The summed E-state index contributed by atoms with van der Waals surface area (Å²) in [6.07, 6.45) is 5.64. The lowest BCUT2D eigenvalue weighted by molar-refractivity contribution is -0.135. The quantitative estimate of drug-likeness (QED) is 0.893. The van der Waals surface area contributed by atoms with Gasteiger partial charge in [-0.3, -0.25) is 14.3 Å². The number of carbonyl (C=O) groups is 2. The van der Waals surface area contributed by atoms with Gasteiger partial charge in [0.15, 0.2) is 6.61 Å². The second kappa shape index (κ2) is 7.16. The lowest BCUT2D eigenvalue weighted by Gasteiger charge is -2.32. The van der Waals surface area contributed by atoms with E-state index >= 15 is 0 Å². The number of rotatable bonds is 5. The molecule has 126 valence electrons. The number of benzene rings is 1. The lowest BCUT2D eigenvalue weighted by atomic mass is 10.1. The smallest absolute Gasteiger partial charge is 0.260 e. The predicted octanol–water partition coefficient (Wildman–Crippen LogP) is 1.22. The molecule has 0 unspecified atom stereocenters. The van der Waals surface area contributed by atoms with Crippen LogP contribution < -0.4 is 10.5 Å². The van der Waals surface area contributed by atoms with Gasteiger partial charge in [0, 0.05) is 31.0 Å². The van der Waals surface area contributed by atoms with Crippen LogP contribution in [0, 0.1) is 0 Å². The number of hydrogen-bond acceptors (Lipinski definition) is 4. The van der Waals surface area contributed by atoms with E-state index in [1.807, 2.05) is 21.8 Å². The average Bonchev–Trinajstić information content (AvgIpc) is 3.15. The van der Waals surface area contributed by atoms with Crippen LogP contribution in [0.5, 0.6) is 5.75 Å². The molecule has 7 heteroatoms. The van der Waals surface area contributed by atoms with Crippen molar-refractivity contribution in [3.05, 3.63) is 48.3 Å². The first-order valence-corrected chi connectivity index (χ1v) is 7.93. The van der Waals surface area contributed by atoms with E-state index in [1.54, 1.807) is 30.5 Å². The van der Waals surface area contributed by atoms with Crippen molar-refractivity contribution in [1.82, 2.24) is 14.7 Å². The Morgan fingerprint density at radius 1 is 1.29 bits per heavy atom. The molecule has 0 bridgehead atoms. The van der Waals surface area contributed by atoms with Crippen LogP contribution in [0.4, 0.5) is 0 Å². The molecule has 24 heavy (non-hydrogen) atoms. The molecule has 1 saturated heterocycles. The fourth-order valence-corrected chi connectivity index (χ4v) is 2.85. The summed E-state index contributed by atoms with van der Waals surface area (Å²) in [5.74, 6) is -0.00424. The number of amides is 2. The fourth-order valence-electron chi connectivity index (χ4n) is 2.85. The molecule has 0 saturated carbocycles. The Bertz CT molecular complexity index is 697. The van der Waals surface area contributed by atoms with Crippen molar-refractivity contribution in [2.24, 2.45) is 5.73 Å². The third kappa shape index (κ3) is 3.73. The van der Waals surface area contributed by atoms with Gasteiger partial charge in [-0.15, -0.1) is 0 Å². The maximum absolute atomic E-state index is 12.4. The number of primary amides is 1. The molecule has 2 N–H and O–H groups in total. The van der Waals surface area contributed by atoms with Crippen molar-refractivity contribution in [2.45, 2.75) is 18.9 Å². The van der Waals surface area contributed by atoms with Gasteiger partial charge in [0.2, 0.25) is 5.91 Å². The highest BCUT2D eigenvalue weighted by molar-refractivity contribution is 5.92. The molecular formula is C17H20N4O3. The zero-order valence-corrected chi connectivity index (χ0v) is 13.3. The van der Waals surface area contributed by atoms with Crippen LogP contribution in [0.1, 0.15) is 29.2 Å². The van der Waals surface area contributed by atoms with Gasteiger partial charge >= 0.3 is 0 Å². The van der Waals surface area contributed by atoms with E-state index in [2.05, 4.69) is 5.10 Å². The maximum Gasteiger partial charge on any atom is 0.260 e. The van der Waals surface area contributed by atoms with Gasteiger partial charge in [-0.2, -0.15) is 5.10 Å². The summed E-state index contributed by atoms with van der Waals surface area (Å²) in [4.78, 5) is 25.2. The fraction of sp³-hybridized carbons (Fsp3) is 0.353. The SMILES string of the molecule is NC(=O)c1ccc(OCC(=O)N2CCC[C@@H](n3cccn3)C2)cc1. The van der Waals surface area contributed by atoms with Crippen LogP contribution >= 0.6 is 0 Å². The van der Waals surface area contributed by atoms with E-state index < -0.39 is 5.91 Å². The van der Waals surface area contributed by atoms with Crippen molar-refractivity contribution in [3.63, 3.8) is 0 Å². The van der Waals surface area contributed by atoms with Crippen LogP contribution in [0.15, 0.2) is 42.7 Å². The largest absolute Gasteiger partial charge is 0.484 e. The van der Waals surface area contributed by atoms with Crippen LogP contribution in [0.3, 0.4) is 0 Å². The van der Waals surface area contributed by atoms with Crippen molar-refractivity contribution in [3.8, 4) is 5.75 Å². The van der Waals surface area contributed by atoms with E-state index in [-0.39, 0.29) is 18.6 Å². The number of aromatic nitrogens is 2. The number of nitrogens with zero attached hydrogens (tertiary/aromatic N) is 3. The minimum Gasteiger partial charge on any atom is -0.484 e. The molecule has 7 nitrogen and oxygen atoms in total. The highest BCUT2D eigenvalue weighted by Gasteiger charge is 2.25. The highest BCUT2D eigenvalue weighted by Crippen LogP contribution is 2.21. The van der Waals surface area contributed by atoms with E-state index in [9.17, 15) is 9.59 Å². The average molecular weight is 328 g/mol. The Kier molecular flexibility index (Phi) is 4.79. The Hall–Kier alpha value is -2.83. The van der Waals surface area contributed by atoms with Gasteiger partial charge in [-0.1, -0.05) is 0 Å². The zero-order valence-electron chi connectivity index (χ0n) is 13.3. The van der Waals surface area contributed by atoms with Crippen molar-refractivity contribution in [1.29, 1.82) is 0 Å². The first-order chi connectivity index (χ1) is 11.6. The number of nitrogens with two attached hydrogens (primary N) is 1. The number of carbonyl (C=O) groups excluding carboxylic acids is 2. The first kappa shape index (κ1) is 16.0. The normalized spacial score (nSPS) is 17.5. The van der Waals surface area contributed by atoms with E-state index in [1.165, 1.54) is 0 Å². The molecule has 2 heterocycles. The molecule has 1 atom stereocenters. The minimum absolute atomic E-state index is 0.0260. The molecule has 0 spiro atoms. The van der Waals surface area contributed by atoms with Gasteiger partial charge in [-0.05, 0) is 43.2 Å². The van der Waals surface area contributed by atoms with E-state index in [0.29, 0.717) is 17.9 Å². The Balaban J connectivity index is 1.53. The molecule has 1 aliphatic heterocycles. The number of likely N-dealkylation sites (tertiary alicyclic amines) is 1. The summed E-state index contributed by atoms with van der Waals surface area (Å²) in [6.45, 7) is 1.35. The van der Waals surface area contributed by atoms with Gasteiger partial charge in [0.25, 0.3) is 5.91 Å². The van der Waals surface area contributed by atoms with Gasteiger partial charge in [-0.25, -0.2) is 0 Å². The molecular weight excluding hydrogens is 308 g/mol. The summed E-state index contributed by atoms with van der Waals surface area (Å²) < 4.78 is 7.42. The summed E-state index contributed by atoms with van der Waals surface area (Å²) in [5.41, 5.74) is 5.60. The number of hydrogen-bond donors (Lipinski definition) is 1. The number of ether oxygens (including phenoxy) is 1. The molecule has 0 aliphatic carbocycles. The standard InChI is InChI=1S/C17H20N4O3/c18-17(23)13-4-6-15(7-5-13)24-12-16(22)20-9-1-3-14(11-20)21-10-2-8-19-21/h2,4-8,10,14H,1,3,9,11-12H2,(H2,18,23)/t14-/m1/s1. The van der Waals surface area contributed by atoms with Gasteiger partial charge in [0.05, 0.1) is 6.04 Å². The second-order valence-corrected chi connectivity index (χ2v) is 5.80. The van der Waals surface area contributed by atoms with Crippen LogP contribution in [0.25, 0.3) is 0 Å². The molecule has 1 fully saturated rings. The summed E-state index contributed by atoms with van der Waals surface area (Å²) >= 11 is 0. The Morgan fingerprint density at radius 3 is 2.75 bits per heavy atom. The maximum atomic E-state index is 12.4. The second-order valence-electron chi connectivity index (χ2n) is 5.80. The third-order valence-corrected chi connectivity index (χ3v) is 4.15. The van der Waals surface area contributed by atoms with Gasteiger partial charge < -0.3 is 15.4 Å². The number of piperidine rings is 1. The Morgan fingerprint density at radius 2 is 2.08 bits per heavy atom. The molecule has 2 aromatic rings. The molecule has 3 rings (SSSR count). The summed E-state index contributed by atoms with van der Waals surface area (Å²) in [7, 11) is 0. The summed E-state index contributed by atoms with van der Waals surface area (Å²) in [6, 6.07) is 8.53. The Labute approximate surface area is 140 Å². The highest BCUT2D eigenvalue weighted by atomic mass is 16.5. The first-order valence-electron chi connectivity index (χ1n) is 7.93. The lowest BCUT2D eigenvalue weighted by Crippen LogP contribution is -2.43. The van der Waals surface area contributed by atoms with Crippen molar-refractivity contribution >= 4 is 11.8 Å². The van der Waals surface area contributed by atoms with Crippen LogP contribution in [0.2, 0.25) is 0 Å². The topological polar surface area (TPSA) is 90.5 Å². The molecule has 1 aromatic carbocycles. The van der Waals surface area contributed by atoms with Crippen molar-refractivity contribution in [2.75, 3.05) is 19.7 Å². The molecule has 2 amide bonds. The van der Waals surface area contributed by atoms with E-state index in [4.69, 9.17) is 10.5 Å². The third-order valence-electron chi connectivity index (χ3n) is 4.15. The molecule has 0 radical (unpaired) electrons. The van der Waals surface area contributed by atoms with Crippen LogP contribution in [-0.2, 0) is 4.79 Å². The molecule has 1 aliphatic rings. The predicted molar refractivity (Wildman–Crippen MR) is 87.5 cm³/mol. The monoisotopic (exact) mass is 328 g/mol. The molecule has 1 aromatic heterocycles. The van der Waals surface area contributed by atoms with E-state index in [0.717, 1.165) is 19.4 Å². The van der Waals surface area contributed by atoms with Crippen LogP contribution in [-0.4, -0.2) is 46.2 Å². The zero-order chi connectivity index (χ0) is 16.9. The minimum atomic E-state index is -0.490. The van der Waals surface area contributed by atoms with Gasteiger partial charge in [0.1, 0.15) is 5.75 Å². The summed E-state index contributed by atoms with van der Waals surface area (Å²) in [5, 5.41) is 4.26. The van der Waals surface area contributed by atoms with Crippen molar-refractivity contribution < 1.29 is 14.3 Å².